The fourth-order valence-electron chi connectivity index (χ4n) is 3.75. The molecular weight excluding hydrogens is 533 g/mol. The predicted molar refractivity (Wildman–Crippen MR) is 116 cm³/mol. The number of piperidine rings is 1. The Morgan fingerprint density at radius 3 is 1.97 bits per heavy atom. The lowest BCUT2D eigenvalue weighted by Gasteiger charge is -2.48. The van der Waals surface area contributed by atoms with E-state index < -0.39 is 24.3 Å². The lowest BCUT2D eigenvalue weighted by atomic mass is 9.91. The molecule has 3 heterocycles. The van der Waals surface area contributed by atoms with Crippen LogP contribution in [0.4, 0.5) is 30.7 Å². The molecule has 2 atom stereocenters. The number of rotatable bonds is 4. The monoisotopic (exact) mass is 556 g/mol. The summed E-state index contributed by atoms with van der Waals surface area (Å²) in [5.74, 6) is -4.87. The molecule has 0 aliphatic carbocycles. The van der Waals surface area contributed by atoms with Crippen LogP contribution >= 0.6 is 0 Å². The van der Waals surface area contributed by atoms with Gasteiger partial charge in [-0.3, -0.25) is 9.88 Å². The molecule has 0 radical (unpaired) electrons. The first kappa shape index (κ1) is 30.8. The lowest BCUT2D eigenvalue weighted by Crippen LogP contribution is -2.58. The van der Waals surface area contributed by atoms with E-state index in [4.69, 9.17) is 29.3 Å². The van der Waals surface area contributed by atoms with Gasteiger partial charge in [0.1, 0.15) is 17.7 Å². The van der Waals surface area contributed by atoms with Crippen LogP contribution in [-0.2, 0) is 20.9 Å². The fourth-order valence-corrected chi connectivity index (χ4v) is 3.75. The highest BCUT2D eigenvalue weighted by atomic mass is 19.4. The number of halogens is 7. The Morgan fingerprint density at radius 2 is 1.53 bits per heavy atom. The SMILES string of the molecule is Fc1cccc(CN2C3COCC2CC(Oc2cccnc2)C3)c1.O=C(O)C(F)(F)F.O=C(O)C(F)(F)F. The third-order valence-corrected chi connectivity index (χ3v) is 5.30. The van der Waals surface area contributed by atoms with Crippen molar-refractivity contribution in [3.63, 3.8) is 0 Å². The molecule has 4 rings (SSSR count). The van der Waals surface area contributed by atoms with Gasteiger partial charge in [0.25, 0.3) is 0 Å². The zero-order chi connectivity index (χ0) is 28.5. The molecule has 210 valence electrons. The Morgan fingerprint density at radius 1 is 0.974 bits per heavy atom. The Balaban J connectivity index is 0.000000301. The van der Waals surface area contributed by atoms with E-state index >= 15 is 0 Å². The highest BCUT2D eigenvalue weighted by molar-refractivity contribution is 5.73. The normalized spacial score (nSPS) is 21.2. The van der Waals surface area contributed by atoms with Crippen molar-refractivity contribution in [1.82, 2.24) is 9.88 Å². The van der Waals surface area contributed by atoms with Gasteiger partial charge in [0.05, 0.1) is 19.4 Å². The van der Waals surface area contributed by atoms with E-state index in [1.807, 2.05) is 18.2 Å². The van der Waals surface area contributed by atoms with Gasteiger partial charge in [-0.05, 0) is 29.8 Å². The van der Waals surface area contributed by atoms with Gasteiger partial charge in [-0.15, -0.1) is 0 Å². The standard InChI is InChI=1S/C19H21FN2O2.2C2HF3O2/c20-15-4-1-3-14(7-15)11-22-16-8-19(9-17(22)13-23-12-16)24-18-5-2-6-21-10-18;2*3-2(4,5)1(6)7/h1-7,10,16-17,19H,8-9,11-13H2;2*(H,6,7). The van der Waals surface area contributed by atoms with Gasteiger partial charge < -0.3 is 19.7 Å². The zero-order valence-electron chi connectivity index (χ0n) is 19.5. The molecule has 2 saturated heterocycles. The molecular formula is C23H23F7N2O6. The number of carboxylic acids is 2. The van der Waals surface area contributed by atoms with Gasteiger partial charge in [-0.2, -0.15) is 26.3 Å². The summed E-state index contributed by atoms with van der Waals surface area (Å²) < 4.78 is 88.8. The molecule has 1 aromatic heterocycles. The summed E-state index contributed by atoms with van der Waals surface area (Å²) >= 11 is 0. The Bertz CT molecular complexity index is 1010. The highest BCUT2D eigenvalue weighted by Gasteiger charge is 2.40. The highest BCUT2D eigenvalue weighted by Crippen LogP contribution is 2.31. The number of hydrogen-bond donors (Lipinski definition) is 2. The van der Waals surface area contributed by atoms with Crippen LogP contribution in [0.25, 0.3) is 0 Å². The number of aromatic nitrogens is 1. The molecule has 2 aliphatic heterocycles. The molecule has 0 saturated carbocycles. The topological polar surface area (TPSA) is 109 Å². The largest absolute Gasteiger partial charge is 0.490 e. The summed E-state index contributed by atoms with van der Waals surface area (Å²) in [6.07, 6.45) is -4.65. The average Bonchev–Trinajstić information content (AvgIpc) is 2.80. The van der Waals surface area contributed by atoms with Crippen molar-refractivity contribution in [2.75, 3.05) is 13.2 Å². The van der Waals surface area contributed by atoms with E-state index in [1.54, 1.807) is 24.5 Å². The zero-order valence-corrected chi connectivity index (χ0v) is 19.5. The first-order valence-corrected chi connectivity index (χ1v) is 10.9. The second-order valence-corrected chi connectivity index (χ2v) is 8.15. The molecule has 0 spiro atoms. The minimum atomic E-state index is -5.08. The van der Waals surface area contributed by atoms with Crippen LogP contribution < -0.4 is 4.74 Å². The first-order chi connectivity index (χ1) is 17.7. The summed E-state index contributed by atoms with van der Waals surface area (Å²) in [7, 11) is 0. The summed E-state index contributed by atoms with van der Waals surface area (Å²) in [6, 6.07) is 11.3. The molecule has 1 aromatic carbocycles. The maximum atomic E-state index is 13.4. The number of fused-ring (bicyclic) bond motifs is 2. The van der Waals surface area contributed by atoms with Crippen LogP contribution in [0.2, 0.25) is 0 Å². The van der Waals surface area contributed by atoms with Crippen molar-refractivity contribution in [2.45, 2.75) is 49.9 Å². The summed E-state index contributed by atoms with van der Waals surface area (Å²) in [5, 5.41) is 14.2. The van der Waals surface area contributed by atoms with Gasteiger partial charge >= 0.3 is 24.3 Å². The van der Waals surface area contributed by atoms with Gasteiger partial charge in [0.15, 0.2) is 0 Å². The molecule has 2 fully saturated rings. The number of morpholine rings is 1. The van der Waals surface area contributed by atoms with Crippen LogP contribution in [0.1, 0.15) is 18.4 Å². The fraction of sp³-hybridized carbons (Fsp3) is 0.435. The van der Waals surface area contributed by atoms with E-state index in [1.165, 1.54) is 6.07 Å². The number of alkyl halides is 6. The number of ether oxygens (including phenoxy) is 2. The van der Waals surface area contributed by atoms with Crippen LogP contribution in [0.15, 0.2) is 48.8 Å². The number of nitrogens with zero attached hydrogens (tertiary/aromatic N) is 2. The average molecular weight is 556 g/mol. The second kappa shape index (κ2) is 13.4. The summed E-state index contributed by atoms with van der Waals surface area (Å²) in [6.45, 7) is 2.17. The van der Waals surface area contributed by atoms with Crippen molar-refractivity contribution in [3.8, 4) is 5.75 Å². The van der Waals surface area contributed by atoms with Crippen LogP contribution in [0, 0.1) is 5.82 Å². The van der Waals surface area contributed by atoms with Gasteiger partial charge in [0, 0.05) is 37.7 Å². The maximum Gasteiger partial charge on any atom is 0.490 e. The summed E-state index contributed by atoms with van der Waals surface area (Å²) in [4.78, 5) is 24.3. The third-order valence-electron chi connectivity index (χ3n) is 5.30. The number of benzene rings is 1. The van der Waals surface area contributed by atoms with Crippen LogP contribution in [0.3, 0.4) is 0 Å². The number of hydrogen-bond acceptors (Lipinski definition) is 6. The predicted octanol–water partition coefficient (Wildman–Crippen LogP) is 4.30. The molecule has 2 unspecified atom stereocenters. The van der Waals surface area contributed by atoms with Crippen molar-refractivity contribution in [3.05, 3.63) is 60.2 Å². The third kappa shape index (κ3) is 10.1. The Hall–Kier alpha value is -3.46. The van der Waals surface area contributed by atoms with E-state index in [9.17, 15) is 30.7 Å². The van der Waals surface area contributed by atoms with Gasteiger partial charge in [0.2, 0.25) is 0 Å². The Labute approximate surface area is 211 Å². The van der Waals surface area contributed by atoms with Crippen molar-refractivity contribution < 1.29 is 60.0 Å². The van der Waals surface area contributed by atoms with Gasteiger partial charge in [-0.25, -0.2) is 14.0 Å². The minimum Gasteiger partial charge on any atom is -0.489 e. The van der Waals surface area contributed by atoms with E-state index in [2.05, 4.69) is 9.88 Å². The van der Waals surface area contributed by atoms with Crippen molar-refractivity contribution >= 4 is 11.9 Å². The van der Waals surface area contributed by atoms with Gasteiger partial charge in [-0.1, -0.05) is 12.1 Å². The van der Waals surface area contributed by atoms with Crippen LogP contribution in [0.5, 0.6) is 5.75 Å². The minimum absolute atomic E-state index is 0.177. The van der Waals surface area contributed by atoms with E-state index in [0.717, 1.165) is 30.7 Å². The molecule has 2 bridgehead atoms. The number of pyridine rings is 1. The summed E-state index contributed by atoms with van der Waals surface area (Å²) in [5.41, 5.74) is 1.01. The van der Waals surface area contributed by atoms with Crippen molar-refractivity contribution in [2.24, 2.45) is 0 Å². The van der Waals surface area contributed by atoms with E-state index in [0.29, 0.717) is 25.3 Å². The van der Waals surface area contributed by atoms with Crippen LogP contribution in [-0.4, -0.2) is 75.8 Å². The Kier molecular flexibility index (Phi) is 10.8. The van der Waals surface area contributed by atoms with E-state index in [-0.39, 0.29) is 11.9 Å². The van der Waals surface area contributed by atoms with Crippen molar-refractivity contribution in [1.29, 1.82) is 0 Å². The molecule has 0 amide bonds. The molecule has 2 aromatic rings. The molecule has 8 nitrogen and oxygen atoms in total. The molecule has 15 heteroatoms. The number of carboxylic acid groups (broad SMARTS) is 2. The lowest BCUT2D eigenvalue weighted by molar-refractivity contribution is -0.193. The number of carbonyl (C=O) groups is 2. The second-order valence-electron chi connectivity index (χ2n) is 8.15. The quantitative estimate of drug-likeness (QED) is 0.537. The smallest absolute Gasteiger partial charge is 0.489 e. The first-order valence-electron chi connectivity index (χ1n) is 10.9. The molecule has 2 aliphatic rings. The number of aliphatic carboxylic acids is 2. The molecule has 38 heavy (non-hydrogen) atoms. The molecule has 2 N–H and O–H groups in total. The maximum absolute atomic E-state index is 13.4.